The Bertz CT molecular complexity index is 1240. The molecule has 7 saturated heterocycles. The predicted octanol–water partition coefficient (Wildman–Crippen LogP) is 6.01. The van der Waals surface area contributed by atoms with E-state index >= 15 is 0 Å². The van der Waals surface area contributed by atoms with E-state index in [1.165, 1.54) is 51.9 Å². The highest BCUT2D eigenvalue weighted by atomic mass is 79.9. The first kappa shape index (κ1) is 29.2. The number of nitrogens with two attached hydrogens (primary N) is 1. The van der Waals surface area contributed by atoms with Gasteiger partial charge in [0, 0.05) is 39.9 Å². The van der Waals surface area contributed by atoms with Gasteiger partial charge < -0.3 is 15.5 Å². The molecule has 8 aliphatic rings. The van der Waals surface area contributed by atoms with E-state index in [2.05, 4.69) is 41.4 Å². The lowest BCUT2D eigenvalue weighted by Crippen LogP contribution is -2.59. The second-order valence-corrected chi connectivity index (χ2v) is 13.7. The Morgan fingerprint density at radius 3 is 1.83 bits per heavy atom. The van der Waals surface area contributed by atoms with Crippen LogP contribution in [-0.4, -0.2) is 71.9 Å². The fourth-order valence-corrected chi connectivity index (χ4v) is 7.59. The maximum Gasteiger partial charge on any atom is 0.160 e. The zero-order chi connectivity index (χ0) is 28.5. The average Bonchev–Trinajstić information content (AvgIpc) is 3.55. The molecule has 8 heterocycles. The number of aliphatic imine (C=N–C) groups is 1. The SMILES string of the molecule is Clc1ccc(Br)cc1.Clc1ccc(N=C2CC3(CN4CCC3CC4)ON2)cc1.NC1=NOC2(C1)CN1CCC2CC1. The van der Waals surface area contributed by atoms with Gasteiger partial charge in [0.2, 0.25) is 0 Å². The predicted molar refractivity (Wildman–Crippen MR) is 168 cm³/mol. The number of hydroxylamine groups is 1. The maximum absolute atomic E-state index is 5.98. The molecule has 8 nitrogen and oxygen atoms in total. The summed E-state index contributed by atoms with van der Waals surface area (Å²) in [6, 6.07) is 15.1. The maximum atomic E-state index is 5.98. The standard InChI is InChI=1S/C15H18ClN3O.C9H15N3O.C6H4BrCl/c16-12-1-3-13(4-2-12)17-14-9-15(20-18-14)10-19-7-5-11(15)6-8-19;10-8-5-9(13-11-8)6-12-3-1-7(9)2-4-12;7-5-1-3-6(8)4-2-5/h1-4,11H,5-10H2,(H,17,18);7H,1-6H2,(H2,10,11);1-4H. The minimum Gasteiger partial charge on any atom is -0.386 e. The molecule has 3 N–H and O–H groups in total. The molecule has 7 fully saturated rings. The van der Waals surface area contributed by atoms with Crippen molar-refractivity contribution in [2.45, 2.75) is 49.7 Å². The van der Waals surface area contributed by atoms with E-state index in [0.29, 0.717) is 17.7 Å². The fourth-order valence-electron chi connectivity index (χ4n) is 7.07. The third kappa shape index (κ3) is 6.71. The Hall–Kier alpha value is -1.88. The molecular formula is C30H37BrCl2N6O2. The second-order valence-electron chi connectivity index (χ2n) is 11.9. The molecule has 2 unspecified atom stereocenters. The van der Waals surface area contributed by atoms with Crippen molar-refractivity contribution in [1.82, 2.24) is 15.3 Å². The van der Waals surface area contributed by atoms with Crippen LogP contribution < -0.4 is 11.2 Å². The van der Waals surface area contributed by atoms with Crippen molar-refractivity contribution in [1.29, 1.82) is 0 Å². The number of nitrogens with one attached hydrogen (secondary N) is 1. The van der Waals surface area contributed by atoms with E-state index in [9.17, 15) is 0 Å². The van der Waals surface area contributed by atoms with Gasteiger partial charge in [-0.25, -0.2) is 4.99 Å². The summed E-state index contributed by atoms with van der Waals surface area (Å²) in [5.41, 5.74) is 9.55. The van der Waals surface area contributed by atoms with Crippen molar-refractivity contribution in [2.75, 3.05) is 39.3 Å². The van der Waals surface area contributed by atoms with Crippen LogP contribution in [0, 0.1) is 11.8 Å². The summed E-state index contributed by atoms with van der Waals surface area (Å²) in [6.07, 6.45) is 6.72. The van der Waals surface area contributed by atoms with Crippen LogP contribution >= 0.6 is 39.1 Å². The quantitative estimate of drug-likeness (QED) is 0.389. The van der Waals surface area contributed by atoms with E-state index < -0.39 is 0 Å². The molecule has 220 valence electrons. The van der Waals surface area contributed by atoms with E-state index in [1.807, 2.05) is 48.5 Å². The van der Waals surface area contributed by atoms with Crippen molar-refractivity contribution in [3.8, 4) is 0 Å². The zero-order valence-electron chi connectivity index (χ0n) is 23.1. The van der Waals surface area contributed by atoms with E-state index in [4.69, 9.17) is 38.6 Å². The van der Waals surface area contributed by atoms with Crippen molar-refractivity contribution in [3.63, 3.8) is 0 Å². The van der Waals surface area contributed by atoms with E-state index in [0.717, 1.165) is 52.0 Å². The van der Waals surface area contributed by atoms with E-state index in [1.54, 1.807) is 0 Å². The minimum atomic E-state index is -0.0538. The van der Waals surface area contributed by atoms with Gasteiger partial charge in [0.05, 0.1) is 12.1 Å². The zero-order valence-corrected chi connectivity index (χ0v) is 26.2. The Labute approximate surface area is 260 Å². The normalized spacial score (nSPS) is 35.3. The van der Waals surface area contributed by atoms with Gasteiger partial charge in [0.15, 0.2) is 5.60 Å². The Balaban J connectivity index is 0.000000123. The molecule has 41 heavy (non-hydrogen) atoms. The number of benzene rings is 2. The molecule has 2 aromatic rings. The van der Waals surface area contributed by atoms with Gasteiger partial charge in [-0.3, -0.25) is 15.2 Å². The summed E-state index contributed by atoms with van der Waals surface area (Å²) in [7, 11) is 0. The van der Waals surface area contributed by atoms with Gasteiger partial charge in [0.25, 0.3) is 0 Å². The van der Waals surface area contributed by atoms with Gasteiger partial charge in [-0.1, -0.05) is 44.3 Å². The smallest absolute Gasteiger partial charge is 0.160 e. The summed E-state index contributed by atoms with van der Waals surface area (Å²) in [5.74, 6) is 2.95. The minimum absolute atomic E-state index is 0.0411. The van der Waals surface area contributed by atoms with Gasteiger partial charge in [-0.2, -0.15) is 0 Å². The van der Waals surface area contributed by atoms with Gasteiger partial charge in [0.1, 0.15) is 17.3 Å². The lowest BCUT2D eigenvalue weighted by molar-refractivity contribution is -0.150. The molecule has 10 rings (SSSR count). The van der Waals surface area contributed by atoms with Crippen molar-refractivity contribution in [2.24, 2.45) is 27.7 Å². The second kappa shape index (κ2) is 12.4. The topological polar surface area (TPSA) is 87.7 Å². The van der Waals surface area contributed by atoms with Gasteiger partial charge in [-0.15, -0.1) is 0 Å². The fraction of sp³-hybridized carbons (Fsp3) is 0.533. The van der Waals surface area contributed by atoms with Crippen LogP contribution in [0.5, 0.6) is 0 Å². The molecule has 0 radical (unpaired) electrons. The largest absolute Gasteiger partial charge is 0.386 e. The highest BCUT2D eigenvalue weighted by molar-refractivity contribution is 9.10. The first-order valence-electron chi connectivity index (χ1n) is 14.4. The molecule has 2 aromatic carbocycles. The van der Waals surface area contributed by atoms with Crippen LogP contribution in [0.3, 0.4) is 0 Å². The molecule has 0 saturated carbocycles. The van der Waals surface area contributed by atoms with Crippen LogP contribution in [0.15, 0.2) is 63.2 Å². The average molecular weight is 664 g/mol. The number of halogens is 3. The van der Waals surface area contributed by atoms with Gasteiger partial charge >= 0.3 is 0 Å². The molecule has 4 bridgehead atoms. The Morgan fingerprint density at radius 2 is 1.37 bits per heavy atom. The summed E-state index contributed by atoms with van der Waals surface area (Å²) in [5, 5.41) is 5.41. The molecule has 0 amide bonds. The molecule has 0 aliphatic carbocycles. The number of fused-ring (bicyclic) bond motifs is 4. The summed E-state index contributed by atoms with van der Waals surface area (Å²) >= 11 is 14.8. The number of hydrogen-bond acceptors (Lipinski definition) is 7. The van der Waals surface area contributed by atoms with Crippen LogP contribution in [0.1, 0.15) is 38.5 Å². The molecule has 0 aromatic heterocycles. The number of rotatable bonds is 1. The lowest BCUT2D eigenvalue weighted by atomic mass is 9.74. The summed E-state index contributed by atoms with van der Waals surface area (Å²) in [4.78, 5) is 21.1. The van der Waals surface area contributed by atoms with Crippen LogP contribution in [-0.2, 0) is 9.68 Å². The summed E-state index contributed by atoms with van der Waals surface area (Å²) < 4.78 is 1.06. The lowest BCUT2D eigenvalue weighted by Gasteiger charge is -2.49. The Kier molecular flexibility index (Phi) is 8.82. The number of oxime groups is 1. The molecule has 2 spiro atoms. The third-order valence-electron chi connectivity index (χ3n) is 9.20. The highest BCUT2D eigenvalue weighted by Crippen LogP contribution is 2.43. The summed E-state index contributed by atoms with van der Waals surface area (Å²) in [6.45, 7) is 6.97. The molecule has 2 atom stereocenters. The monoisotopic (exact) mass is 662 g/mol. The number of hydrogen-bond donors (Lipinski definition) is 2. The van der Waals surface area contributed by atoms with Crippen molar-refractivity contribution in [3.05, 3.63) is 63.0 Å². The third-order valence-corrected chi connectivity index (χ3v) is 10.2. The van der Waals surface area contributed by atoms with Gasteiger partial charge in [-0.05, 0) is 106 Å². The first-order valence-corrected chi connectivity index (χ1v) is 16.0. The van der Waals surface area contributed by atoms with E-state index in [-0.39, 0.29) is 11.2 Å². The molecule has 11 heteroatoms. The van der Waals surface area contributed by atoms with Crippen LogP contribution in [0.4, 0.5) is 5.69 Å². The van der Waals surface area contributed by atoms with Crippen LogP contribution in [0.25, 0.3) is 0 Å². The molecular weight excluding hydrogens is 627 g/mol. The molecule has 8 aliphatic heterocycles. The van der Waals surface area contributed by atoms with Crippen molar-refractivity contribution >= 4 is 56.5 Å². The van der Waals surface area contributed by atoms with Crippen molar-refractivity contribution < 1.29 is 9.68 Å². The highest BCUT2D eigenvalue weighted by Gasteiger charge is 2.53. The number of amidine groups is 2. The number of piperidine rings is 6. The first-order chi connectivity index (χ1) is 19.8. The Morgan fingerprint density at radius 1 is 0.829 bits per heavy atom. The van der Waals surface area contributed by atoms with Crippen LogP contribution in [0.2, 0.25) is 10.0 Å². The number of nitrogens with zero attached hydrogens (tertiary/aromatic N) is 4.